The van der Waals surface area contributed by atoms with Gasteiger partial charge in [0, 0.05) is 0 Å². The number of benzene rings is 2. The van der Waals surface area contributed by atoms with E-state index in [9.17, 15) is 5.11 Å². The Labute approximate surface area is 188 Å². The van der Waals surface area contributed by atoms with Gasteiger partial charge in [0.1, 0.15) is 18.3 Å². The molecule has 0 heterocycles. The van der Waals surface area contributed by atoms with Gasteiger partial charge >= 0.3 is 0 Å². The first-order chi connectivity index (χ1) is 14.7. The molecule has 1 aliphatic rings. The van der Waals surface area contributed by atoms with Gasteiger partial charge in [0.05, 0.1) is 19.3 Å². The SMILES string of the molecule is CC(C)(C)[Si](C)(C)O[C@@H]1[C@@H](OCc2ccccc2)[C@H](OCc2ccccc2)C=C[C@H]1O. The summed E-state index contributed by atoms with van der Waals surface area (Å²) in [5.74, 6) is 0. The Hall–Kier alpha value is -1.76. The van der Waals surface area contributed by atoms with E-state index in [1.54, 1.807) is 6.08 Å². The standard InChI is InChI=1S/C26H36O4Si/c1-26(2,3)31(4,5)30-24-22(27)16-17-23(28-18-20-12-8-6-9-13-20)25(24)29-19-21-14-10-7-11-15-21/h6-17,22-25,27H,18-19H2,1-5H3/t22-,23-,24+,25+/m1/s1. The first kappa shape index (κ1) is 23.9. The number of aliphatic hydroxyl groups is 1. The first-order valence-electron chi connectivity index (χ1n) is 11.0. The molecule has 0 amide bonds. The Morgan fingerprint density at radius 1 is 0.774 bits per heavy atom. The van der Waals surface area contributed by atoms with Crippen LogP contribution in [0.5, 0.6) is 0 Å². The van der Waals surface area contributed by atoms with Gasteiger partial charge in [-0.25, -0.2) is 0 Å². The van der Waals surface area contributed by atoms with E-state index in [0.29, 0.717) is 13.2 Å². The Morgan fingerprint density at radius 2 is 1.29 bits per heavy atom. The normalized spacial score (nSPS) is 24.3. The summed E-state index contributed by atoms with van der Waals surface area (Å²) in [5.41, 5.74) is 2.19. The van der Waals surface area contributed by atoms with Crippen LogP contribution in [-0.2, 0) is 27.1 Å². The Kier molecular flexibility index (Phi) is 7.89. The van der Waals surface area contributed by atoms with E-state index in [1.807, 2.05) is 66.7 Å². The highest BCUT2D eigenvalue weighted by molar-refractivity contribution is 6.74. The molecule has 0 saturated heterocycles. The molecule has 4 nitrogen and oxygen atoms in total. The third-order valence-corrected chi connectivity index (χ3v) is 10.8. The third kappa shape index (κ3) is 6.37. The highest BCUT2D eigenvalue weighted by Crippen LogP contribution is 2.39. The lowest BCUT2D eigenvalue weighted by molar-refractivity contribution is -0.139. The van der Waals surface area contributed by atoms with E-state index in [-0.39, 0.29) is 11.1 Å². The van der Waals surface area contributed by atoms with Gasteiger partial charge in [-0.1, -0.05) is 93.6 Å². The van der Waals surface area contributed by atoms with Gasteiger partial charge in [0.25, 0.3) is 0 Å². The fraction of sp³-hybridized carbons (Fsp3) is 0.462. The second kappa shape index (κ2) is 10.2. The number of hydrogen-bond donors (Lipinski definition) is 1. The van der Waals surface area contributed by atoms with Crippen LogP contribution in [0, 0.1) is 0 Å². The summed E-state index contributed by atoms with van der Waals surface area (Å²) < 4.78 is 19.3. The number of aliphatic hydroxyl groups excluding tert-OH is 1. The molecule has 2 aromatic carbocycles. The molecule has 0 bridgehead atoms. The molecule has 0 spiro atoms. The highest BCUT2D eigenvalue weighted by Gasteiger charge is 2.45. The third-order valence-electron chi connectivity index (χ3n) is 6.29. The van der Waals surface area contributed by atoms with Crippen molar-refractivity contribution in [3.8, 4) is 0 Å². The first-order valence-corrected chi connectivity index (χ1v) is 13.9. The van der Waals surface area contributed by atoms with E-state index in [0.717, 1.165) is 11.1 Å². The van der Waals surface area contributed by atoms with Crippen molar-refractivity contribution in [3.05, 3.63) is 83.9 Å². The van der Waals surface area contributed by atoms with Gasteiger partial charge in [-0.05, 0) is 29.3 Å². The van der Waals surface area contributed by atoms with E-state index in [1.165, 1.54) is 0 Å². The molecule has 1 N–H and O–H groups in total. The Morgan fingerprint density at radius 3 is 1.81 bits per heavy atom. The number of ether oxygens (including phenoxy) is 2. The molecule has 2 aromatic rings. The van der Waals surface area contributed by atoms with Crippen LogP contribution >= 0.6 is 0 Å². The Bertz CT molecular complexity index is 829. The van der Waals surface area contributed by atoms with Gasteiger partial charge in [-0.3, -0.25) is 0 Å². The zero-order valence-electron chi connectivity index (χ0n) is 19.3. The topological polar surface area (TPSA) is 47.9 Å². The van der Waals surface area contributed by atoms with Gasteiger partial charge in [0.2, 0.25) is 0 Å². The zero-order chi connectivity index (χ0) is 22.5. The summed E-state index contributed by atoms with van der Waals surface area (Å²) in [4.78, 5) is 0. The maximum absolute atomic E-state index is 10.8. The van der Waals surface area contributed by atoms with E-state index in [4.69, 9.17) is 13.9 Å². The van der Waals surface area contributed by atoms with Crippen molar-refractivity contribution >= 4 is 8.32 Å². The van der Waals surface area contributed by atoms with Crippen LogP contribution in [0.3, 0.4) is 0 Å². The molecular weight excluding hydrogens is 404 g/mol. The molecule has 31 heavy (non-hydrogen) atoms. The monoisotopic (exact) mass is 440 g/mol. The molecule has 0 radical (unpaired) electrons. The highest BCUT2D eigenvalue weighted by atomic mass is 28.4. The van der Waals surface area contributed by atoms with E-state index >= 15 is 0 Å². The molecule has 168 valence electrons. The average Bonchev–Trinajstić information content (AvgIpc) is 2.74. The lowest BCUT2D eigenvalue weighted by Gasteiger charge is -2.45. The number of hydrogen-bond acceptors (Lipinski definition) is 4. The van der Waals surface area contributed by atoms with Crippen molar-refractivity contribution < 1.29 is 19.0 Å². The molecule has 0 saturated carbocycles. The van der Waals surface area contributed by atoms with Crippen molar-refractivity contribution in [2.75, 3.05) is 0 Å². The van der Waals surface area contributed by atoms with Crippen LogP contribution in [0.1, 0.15) is 31.9 Å². The maximum atomic E-state index is 10.8. The van der Waals surface area contributed by atoms with E-state index in [2.05, 4.69) is 33.9 Å². The summed E-state index contributed by atoms with van der Waals surface area (Å²) in [6, 6.07) is 20.2. The molecule has 5 heteroatoms. The van der Waals surface area contributed by atoms with Crippen LogP contribution in [0.2, 0.25) is 18.1 Å². The summed E-state index contributed by atoms with van der Waals surface area (Å²) in [6.07, 6.45) is 1.78. The second-order valence-corrected chi connectivity index (χ2v) is 14.5. The zero-order valence-corrected chi connectivity index (χ0v) is 20.3. The van der Waals surface area contributed by atoms with Crippen molar-refractivity contribution in [2.24, 2.45) is 0 Å². The smallest absolute Gasteiger partial charge is 0.192 e. The second-order valence-electron chi connectivity index (χ2n) is 9.74. The Balaban J connectivity index is 1.80. The predicted molar refractivity (Wildman–Crippen MR) is 127 cm³/mol. The summed E-state index contributed by atoms with van der Waals surface area (Å²) in [7, 11) is -2.13. The quantitative estimate of drug-likeness (QED) is 0.436. The molecular formula is C26H36O4Si. The van der Waals surface area contributed by atoms with Gasteiger partial charge < -0.3 is 19.0 Å². The van der Waals surface area contributed by atoms with Crippen molar-refractivity contribution in [2.45, 2.75) is 76.5 Å². The lowest BCUT2D eigenvalue weighted by atomic mass is 9.95. The van der Waals surface area contributed by atoms with Gasteiger partial charge in [0.15, 0.2) is 8.32 Å². The molecule has 3 rings (SSSR count). The van der Waals surface area contributed by atoms with Crippen molar-refractivity contribution in [1.82, 2.24) is 0 Å². The summed E-state index contributed by atoms with van der Waals surface area (Å²) in [5, 5.41) is 10.9. The summed E-state index contributed by atoms with van der Waals surface area (Å²) in [6.45, 7) is 11.9. The molecule has 0 unspecified atom stereocenters. The van der Waals surface area contributed by atoms with Crippen LogP contribution in [0.15, 0.2) is 72.8 Å². The minimum Gasteiger partial charge on any atom is -0.408 e. The van der Waals surface area contributed by atoms with Crippen molar-refractivity contribution in [3.63, 3.8) is 0 Å². The van der Waals surface area contributed by atoms with Crippen LogP contribution in [0.4, 0.5) is 0 Å². The summed E-state index contributed by atoms with van der Waals surface area (Å²) >= 11 is 0. The fourth-order valence-electron chi connectivity index (χ4n) is 3.35. The van der Waals surface area contributed by atoms with Crippen molar-refractivity contribution in [1.29, 1.82) is 0 Å². The van der Waals surface area contributed by atoms with E-state index < -0.39 is 26.6 Å². The predicted octanol–water partition coefficient (Wildman–Crippen LogP) is 5.48. The largest absolute Gasteiger partial charge is 0.408 e. The van der Waals surface area contributed by atoms with Crippen LogP contribution < -0.4 is 0 Å². The average molecular weight is 441 g/mol. The molecule has 1 aliphatic carbocycles. The number of rotatable bonds is 8. The molecule has 0 fully saturated rings. The maximum Gasteiger partial charge on any atom is 0.192 e. The minimum atomic E-state index is -2.13. The minimum absolute atomic E-state index is 0.0260. The molecule has 0 aromatic heterocycles. The molecule has 0 aliphatic heterocycles. The van der Waals surface area contributed by atoms with Crippen LogP contribution in [-0.4, -0.2) is 37.8 Å². The van der Waals surface area contributed by atoms with Crippen LogP contribution in [0.25, 0.3) is 0 Å². The van der Waals surface area contributed by atoms with Gasteiger partial charge in [-0.2, -0.15) is 0 Å². The lowest BCUT2D eigenvalue weighted by Crippen LogP contribution is -2.56. The molecule has 4 atom stereocenters. The fourth-order valence-corrected chi connectivity index (χ4v) is 4.66. The van der Waals surface area contributed by atoms with Gasteiger partial charge in [-0.15, -0.1) is 0 Å².